The first-order chi connectivity index (χ1) is 7.90. The van der Waals surface area contributed by atoms with Gasteiger partial charge in [0.1, 0.15) is 0 Å². The molecule has 0 bridgehead atoms. The number of ether oxygens (including phenoxy) is 2. The summed E-state index contributed by atoms with van der Waals surface area (Å²) < 4.78 is 12.1. The molecule has 0 radical (unpaired) electrons. The van der Waals surface area contributed by atoms with E-state index in [-0.39, 0.29) is 0 Å². The molecule has 2 fully saturated rings. The van der Waals surface area contributed by atoms with Crippen LogP contribution in [0.25, 0.3) is 0 Å². The van der Waals surface area contributed by atoms with Gasteiger partial charge in [0.05, 0.1) is 13.2 Å². The minimum absolute atomic E-state index is 0.405. The lowest BCUT2D eigenvalue weighted by atomic mass is 10.0. The van der Waals surface area contributed by atoms with Crippen molar-refractivity contribution in [3.05, 3.63) is 0 Å². The molecule has 17 heavy (non-hydrogen) atoms. The van der Waals surface area contributed by atoms with E-state index in [9.17, 15) is 0 Å². The molecule has 4 nitrogen and oxygen atoms in total. The van der Waals surface area contributed by atoms with E-state index in [1.807, 2.05) is 0 Å². The Morgan fingerprint density at radius 1 is 1.12 bits per heavy atom. The summed E-state index contributed by atoms with van der Waals surface area (Å²) in [5.41, 5.74) is 0. The van der Waals surface area contributed by atoms with Gasteiger partial charge in [0.25, 0.3) is 6.03 Å². The van der Waals surface area contributed by atoms with Crippen molar-refractivity contribution in [2.75, 3.05) is 20.3 Å². The van der Waals surface area contributed by atoms with Gasteiger partial charge in [0.2, 0.25) is 0 Å². The lowest BCUT2D eigenvalue weighted by Gasteiger charge is -2.42. The molecule has 0 aromatic rings. The van der Waals surface area contributed by atoms with Gasteiger partial charge < -0.3 is 9.47 Å². The van der Waals surface area contributed by atoms with E-state index in [1.54, 1.807) is 0 Å². The predicted molar refractivity (Wildman–Crippen MR) is 67.5 cm³/mol. The third-order valence-corrected chi connectivity index (χ3v) is 4.07. The zero-order chi connectivity index (χ0) is 12.8. The summed E-state index contributed by atoms with van der Waals surface area (Å²) >= 11 is 0. The van der Waals surface area contributed by atoms with Crippen molar-refractivity contribution in [1.82, 2.24) is 9.80 Å². The van der Waals surface area contributed by atoms with Gasteiger partial charge in [0, 0.05) is 18.1 Å². The average Bonchev–Trinajstić information content (AvgIpc) is 2.76. The fraction of sp³-hybridized carbons (Fsp3) is 1.00. The molecule has 0 aliphatic carbocycles. The first-order valence-corrected chi connectivity index (χ1v) is 6.69. The van der Waals surface area contributed by atoms with Gasteiger partial charge in [-0.15, -0.1) is 0 Å². The minimum Gasteiger partial charge on any atom is -0.323 e. The Kier molecular flexibility index (Phi) is 3.51. The molecular formula is C13H26N2O2. The van der Waals surface area contributed by atoms with E-state index in [2.05, 4.69) is 51.5 Å². The van der Waals surface area contributed by atoms with E-state index in [0.29, 0.717) is 24.0 Å². The maximum Gasteiger partial charge on any atom is 0.297 e. The van der Waals surface area contributed by atoms with Gasteiger partial charge in [-0.2, -0.15) is 0 Å². The third kappa shape index (κ3) is 1.91. The first kappa shape index (κ1) is 13.3. The largest absolute Gasteiger partial charge is 0.323 e. The summed E-state index contributed by atoms with van der Waals surface area (Å²) in [5.74, 6) is 0.574. The predicted octanol–water partition coefficient (Wildman–Crippen LogP) is 1.71. The molecule has 3 atom stereocenters. The Morgan fingerprint density at radius 3 is 2.12 bits per heavy atom. The maximum absolute atomic E-state index is 6.06. The Labute approximate surface area is 105 Å². The van der Waals surface area contributed by atoms with Gasteiger partial charge in [0.15, 0.2) is 0 Å². The quantitative estimate of drug-likeness (QED) is 0.736. The van der Waals surface area contributed by atoms with Crippen molar-refractivity contribution in [2.45, 2.75) is 58.8 Å². The number of rotatable bonds is 2. The van der Waals surface area contributed by atoms with Crippen LogP contribution in [0.1, 0.15) is 34.6 Å². The van der Waals surface area contributed by atoms with Crippen LogP contribution in [-0.2, 0) is 9.47 Å². The second-order valence-corrected chi connectivity index (χ2v) is 5.94. The molecule has 100 valence electrons. The van der Waals surface area contributed by atoms with E-state index in [1.165, 1.54) is 0 Å². The number of hydrogen-bond donors (Lipinski definition) is 0. The summed E-state index contributed by atoms with van der Waals surface area (Å²) in [4.78, 5) is 4.61. The van der Waals surface area contributed by atoms with Crippen molar-refractivity contribution >= 4 is 0 Å². The number of hydrogen-bond acceptors (Lipinski definition) is 4. The molecule has 2 rings (SSSR count). The van der Waals surface area contributed by atoms with Crippen molar-refractivity contribution in [1.29, 1.82) is 0 Å². The van der Waals surface area contributed by atoms with Gasteiger partial charge in [-0.25, -0.2) is 9.80 Å². The van der Waals surface area contributed by atoms with Crippen LogP contribution in [0.2, 0.25) is 0 Å². The maximum atomic E-state index is 6.06. The molecule has 3 unspecified atom stereocenters. The van der Waals surface area contributed by atoms with Gasteiger partial charge in [-0.1, -0.05) is 13.8 Å². The summed E-state index contributed by atoms with van der Waals surface area (Å²) in [6.45, 7) is 12.6. The molecule has 2 aliphatic heterocycles. The van der Waals surface area contributed by atoms with E-state index in [4.69, 9.17) is 9.47 Å². The summed E-state index contributed by atoms with van der Waals surface area (Å²) in [5, 5.41) is 0. The highest BCUT2D eigenvalue weighted by molar-refractivity contribution is 4.93. The lowest BCUT2D eigenvalue weighted by Crippen LogP contribution is -2.60. The topological polar surface area (TPSA) is 24.9 Å². The highest BCUT2D eigenvalue weighted by Crippen LogP contribution is 2.40. The summed E-state index contributed by atoms with van der Waals surface area (Å²) in [6.07, 6.45) is 0. The lowest BCUT2D eigenvalue weighted by molar-refractivity contribution is -0.321. The first-order valence-electron chi connectivity index (χ1n) is 6.69. The Bertz CT molecular complexity index is 283. The SMILES string of the molecule is CC(C)C1COC2(OCC(C)N2C)N1C(C)C. The molecule has 2 aliphatic rings. The molecule has 2 heterocycles. The second-order valence-electron chi connectivity index (χ2n) is 5.94. The highest BCUT2D eigenvalue weighted by atomic mass is 16.8. The zero-order valence-electron chi connectivity index (χ0n) is 11.9. The molecule has 0 N–H and O–H groups in total. The fourth-order valence-electron chi connectivity index (χ4n) is 2.90. The van der Waals surface area contributed by atoms with Crippen LogP contribution < -0.4 is 0 Å². The molecule has 0 aromatic carbocycles. The average molecular weight is 242 g/mol. The van der Waals surface area contributed by atoms with Crippen molar-refractivity contribution in [2.24, 2.45) is 5.92 Å². The third-order valence-electron chi connectivity index (χ3n) is 4.07. The fourth-order valence-corrected chi connectivity index (χ4v) is 2.90. The van der Waals surface area contributed by atoms with Gasteiger partial charge >= 0.3 is 0 Å². The van der Waals surface area contributed by atoms with Crippen molar-refractivity contribution in [3.63, 3.8) is 0 Å². The molecule has 2 saturated heterocycles. The molecule has 1 spiro atoms. The van der Waals surface area contributed by atoms with Crippen LogP contribution in [-0.4, -0.2) is 54.2 Å². The summed E-state index contributed by atoms with van der Waals surface area (Å²) in [7, 11) is 2.09. The molecule has 0 saturated carbocycles. The van der Waals surface area contributed by atoms with Crippen LogP contribution in [0.15, 0.2) is 0 Å². The molecule has 4 heteroatoms. The molecular weight excluding hydrogens is 216 g/mol. The molecule has 0 aromatic heterocycles. The van der Waals surface area contributed by atoms with Gasteiger partial charge in [-0.3, -0.25) is 0 Å². The number of likely N-dealkylation sites (N-methyl/N-ethyl adjacent to an activating group) is 1. The van der Waals surface area contributed by atoms with Crippen LogP contribution in [0.4, 0.5) is 0 Å². The standard InChI is InChI=1S/C13H26N2O2/c1-9(2)12-8-17-13(15(12)10(3)4)14(6)11(5)7-16-13/h9-12H,7-8H2,1-6H3. The van der Waals surface area contributed by atoms with Crippen molar-refractivity contribution in [3.8, 4) is 0 Å². The Hall–Kier alpha value is -0.160. The normalized spacial score (nSPS) is 40.2. The van der Waals surface area contributed by atoms with E-state index in [0.717, 1.165) is 13.2 Å². The van der Waals surface area contributed by atoms with Crippen LogP contribution in [0.3, 0.4) is 0 Å². The van der Waals surface area contributed by atoms with Crippen molar-refractivity contribution < 1.29 is 9.47 Å². The second kappa shape index (κ2) is 4.50. The Morgan fingerprint density at radius 2 is 1.71 bits per heavy atom. The monoisotopic (exact) mass is 242 g/mol. The number of nitrogens with zero attached hydrogens (tertiary/aromatic N) is 2. The smallest absolute Gasteiger partial charge is 0.297 e. The van der Waals surface area contributed by atoms with Gasteiger partial charge in [-0.05, 0) is 33.7 Å². The Balaban J connectivity index is 2.29. The highest BCUT2D eigenvalue weighted by Gasteiger charge is 2.58. The van der Waals surface area contributed by atoms with E-state index >= 15 is 0 Å². The van der Waals surface area contributed by atoms with Crippen LogP contribution in [0, 0.1) is 5.92 Å². The molecule has 0 amide bonds. The van der Waals surface area contributed by atoms with E-state index < -0.39 is 6.03 Å². The zero-order valence-corrected chi connectivity index (χ0v) is 11.9. The minimum atomic E-state index is -0.622. The van der Waals surface area contributed by atoms with Crippen LogP contribution in [0.5, 0.6) is 0 Å². The summed E-state index contributed by atoms with van der Waals surface area (Å²) in [6, 6.07) is 0.630. The van der Waals surface area contributed by atoms with Crippen LogP contribution >= 0.6 is 0 Å².